The van der Waals surface area contributed by atoms with Crippen LogP contribution in [0.3, 0.4) is 0 Å². The number of methoxy groups -OCH3 is 2. The van der Waals surface area contributed by atoms with Gasteiger partial charge in [0.25, 0.3) is 5.91 Å². The van der Waals surface area contributed by atoms with Gasteiger partial charge in [-0.2, -0.15) is 0 Å². The summed E-state index contributed by atoms with van der Waals surface area (Å²) in [4.78, 5) is 16.0. The van der Waals surface area contributed by atoms with Crippen LogP contribution in [-0.4, -0.2) is 69.3 Å². The van der Waals surface area contributed by atoms with E-state index < -0.39 is 0 Å². The first-order valence-corrected chi connectivity index (χ1v) is 7.61. The van der Waals surface area contributed by atoms with E-state index in [1.807, 2.05) is 18.2 Å². The van der Waals surface area contributed by atoms with Crippen LogP contribution in [0.25, 0.3) is 0 Å². The lowest BCUT2D eigenvalue weighted by Crippen LogP contribution is -2.32. The molecular formula is C17H26N2O3. The van der Waals surface area contributed by atoms with Gasteiger partial charge in [-0.3, -0.25) is 9.69 Å². The number of amides is 1. The van der Waals surface area contributed by atoms with Crippen molar-refractivity contribution in [2.24, 2.45) is 0 Å². The van der Waals surface area contributed by atoms with Crippen molar-refractivity contribution in [3.05, 3.63) is 35.4 Å². The molecule has 1 fully saturated rings. The number of likely N-dealkylation sites (tertiary alicyclic amines) is 1. The molecule has 1 aromatic carbocycles. The molecule has 0 saturated carbocycles. The van der Waals surface area contributed by atoms with Crippen LogP contribution in [0.1, 0.15) is 22.3 Å². The number of carbonyl (C=O) groups excluding carboxylic acids is 1. The minimum Gasteiger partial charge on any atom is -0.383 e. The highest BCUT2D eigenvalue weighted by Gasteiger charge is 2.31. The fourth-order valence-electron chi connectivity index (χ4n) is 2.96. The van der Waals surface area contributed by atoms with Gasteiger partial charge in [0.15, 0.2) is 0 Å². The third-order valence-electron chi connectivity index (χ3n) is 4.15. The molecule has 1 aromatic rings. The number of nitrogens with zero attached hydrogens (tertiary/aromatic N) is 2. The molecule has 22 heavy (non-hydrogen) atoms. The molecule has 0 spiro atoms. The minimum atomic E-state index is 0.0338. The molecule has 1 aliphatic heterocycles. The Morgan fingerprint density at radius 1 is 1.36 bits per heavy atom. The largest absolute Gasteiger partial charge is 0.383 e. The second-order valence-electron chi connectivity index (χ2n) is 6.03. The second kappa shape index (κ2) is 7.72. The third kappa shape index (κ3) is 4.06. The number of carbonyl (C=O) groups is 1. The highest BCUT2D eigenvalue weighted by molar-refractivity contribution is 5.94. The quantitative estimate of drug-likeness (QED) is 0.801. The van der Waals surface area contributed by atoms with E-state index in [-0.39, 0.29) is 12.0 Å². The maximum Gasteiger partial charge on any atom is 0.253 e. The molecule has 0 aliphatic carbocycles. The molecule has 5 nitrogen and oxygen atoms in total. The SMILES string of the molecule is COC[C@@H]1C[C@@H](OC)CN1Cc1cccc(C(=O)N(C)C)c1. The fraction of sp³-hybridized carbons (Fsp3) is 0.588. The lowest BCUT2D eigenvalue weighted by atomic mass is 10.1. The first-order chi connectivity index (χ1) is 10.5. The molecular weight excluding hydrogens is 280 g/mol. The Balaban J connectivity index is 2.09. The van der Waals surface area contributed by atoms with E-state index in [9.17, 15) is 4.79 Å². The van der Waals surface area contributed by atoms with Gasteiger partial charge in [-0.1, -0.05) is 12.1 Å². The van der Waals surface area contributed by atoms with Crippen LogP contribution in [0.5, 0.6) is 0 Å². The van der Waals surface area contributed by atoms with Crippen molar-refractivity contribution in [2.45, 2.75) is 25.1 Å². The van der Waals surface area contributed by atoms with Gasteiger partial charge in [-0.15, -0.1) is 0 Å². The zero-order valence-electron chi connectivity index (χ0n) is 13.9. The van der Waals surface area contributed by atoms with Crippen LogP contribution in [-0.2, 0) is 16.0 Å². The molecule has 5 heteroatoms. The highest BCUT2D eigenvalue weighted by atomic mass is 16.5. The topological polar surface area (TPSA) is 42.0 Å². The van der Waals surface area contributed by atoms with Crippen molar-refractivity contribution in [1.29, 1.82) is 0 Å². The third-order valence-corrected chi connectivity index (χ3v) is 4.15. The summed E-state index contributed by atoms with van der Waals surface area (Å²) in [6, 6.07) is 8.22. The molecule has 1 saturated heterocycles. The number of rotatable bonds is 6. The minimum absolute atomic E-state index is 0.0338. The lowest BCUT2D eigenvalue weighted by Gasteiger charge is -2.23. The predicted molar refractivity (Wildman–Crippen MR) is 85.9 cm³/mol. The molecule has 0 bridgehead atoms. The Hall–Kier alpha value is -1.43. The van der Waals surface area contributed by atoms with Crippen molar-refractivity contribution < 1.29 is 14.3 Å². The Morgan fingerprint density at radius 3 is 2.77 bits per heavy atom. The van der Waals surface area contributed by atoms with E-state index >= 15 is 0 Å². The van der Waals surface area contributed by atoms with Crippen molar-refractivity contribution >= 4 is 5.91 Å². The van der Waals surface area contributed by atoms with Crippen molar-refractivity contribution in [3.8, 4) is 0 Å². The van der Waals surface area contributed by atoms with E-state index in [2.05, 4.69) is 11.0 Å². The molecule has 0 unspecified atom stereocenters. The Kier molecular flexibility index (Phi) is 5.94. The van der Waals surface area contributed by atoms with E-state index in [0.29, 0.717) is 12.6 Å². The molecule has 2 rings (SSSR count). The number of hydrogen-bond donors (Lipinski definition) is 0. The van der Waals surface area contributed by atoms with Crippen LogP contribution in [0.2, 0.25) is 0 Å². The number of benzene rings is 1. The van der Waals surface area contributed by atoms with Gasteiger partial charge in [-0.25, -0.2) is 0 Å². The summed E-state index contributed by atoms with van der Waals surface area (Å²) in [6.45, 7) is 2.41. The summed E-state index contributed by atoms with van der Waals surface area (Å²) >= 11 is 0. The van der Waals surface area contributed by atoms with Gasteiger partial charge in [0, 0.05) is 53.0 Å². The van der Waals surface area contributed by atoms with Gasteiger partial charge in [0.2, 0.25) is 0 Å². The molecule has 1 amide bonds. The summed E-state index contributed by atoms with van der Waals surface area (Å²) in [5, 5.41) is 0. The summed E-state index contributed by atoms with van der Waals surface area (Å²) < 4.78 is 10.8. The molecule has 122 valence electrons. The van der Waals surface area contributed by atoms with E-state index in [1.54, 1.807) is 33.2 Å². The van der Waals surface area contributed by atoms with Gasteiger partial charge < -0.3 is 14.4 Å². The summed E-state index contributed by atoms with van der Waals surface area (Å²) in [7, 11) is 7.03. The van der Waals surface area contributed by atoms with E-state index in [0.717, 1.165) is 30.6 Å². The van der Waals surface area contributed by atoms with Crippen molar-refractivity contribution in [1.82, 2.24) is 9.80 Å². The smallest absolute Gasteiger partial charge is 0.253 e. The Morgan fingerprint density at radius 2 is 2.14 bits per heavy atom. The van der Waals surface area contributed by atoms with Crippen LogP contribution >= 0.6 is 0 Å². The molecule has 0 N–H and O–H groups in total. The highest BCUT2D eigenvalue weighted by Crippen LogP contribution is 2.23. The lowest BCUT2D eigenvalue weighted by molar-refractivity contribution is 0.0827. The Bertz CT molecular complexity index is 504. The van der Waals surface area contributed by atoms with Gasteiger partial charge in [0.05, 0.1) is 12.7 Å². The fourth-order valence-corrected chi connectivity index (χ4v) is 2.96. The molecule has 2 atom stereocenters. The van der Waals surface area contributed by atoms with Crippen molar-refractivity contribution in [2.75, 3.05) is 41.5 Å². The average Bonchev–Trinajstić information content (AvgIpc) is 2.89. The molecule has 0 radical (unpaired) electrons. The first-order valence-electron chi connectivity index (χ1n) is 7.61. The summed E-state index contributed by atoms with van der Waals surface area (Å²) in [5.74, 6) is 0.0338. The van der Waals surface area contributed by atoms with Gasteiger partial charge in [-0.05, 0) is 24.1 Å². The second-order valence-corrected chi connectivity index (χ2v) is 6.03. The van der Waals surface area contributed by atoms with E-state index in [4.69, 9.17) is 9.47 Å². The van der Waals surface area contributed by atoms with Crippen LogP contribution in [0.4, 0.5) is 0 Å². The van der Waals surface area contributed by atoms with Crippen molar-refractivity contribution in [3.63, 3.8) is 0 Å². The first kappa shape index (κ1) is 16.9. The van der Waals surface area contributed by atoms with E-state index in [1.165, 1.54) is 0 Å². The maximum absolute atomic E-state index is 12.1. The predicted octanol–water partition coefficient (Wildman–Crippen LogP) is 1.62. The van der Waals surface area contributed by atoms with Gasteiger partial charge in [0.1, 0.15) is 0 Å². The zero-order valence-corrected chi connectivity index (χ0v) is 13.9. The van der Waals surface area contributed by atoms with Crippen LogP contribution in [0, 0.1) is 0 Å². The standard InChI is InChI=1S/C17H26N2O3/c1-18(2)17(20)14-7-5-6-13(8-14)10-19-11-16(22-4)9-15(19)12-21-3/h5-8,15-16H,9-12H2,1-4H3/t15-,16+/m0/s1. The number of ether oxygens (including phenoxy) is 2. The van der Waals surface area contributed by atoms with Crippen LogP contribution < -0.4 is 0 Å². The maximum atomic E-state index is 12.1. The molecule has 1 aliphatic rings. The summed E-state index contributed by atoms with van der Waals surface area (Å²) in [6.07, 6.45) is 1.24. The number of hydrogen-bond acceptors (Lipinski definition) is 4. The molecule has 0 aromatic heterocycles. The Labute approximate surface area is 132 Å². The normalized spacial score (nSPS) is 22.0. The molecule has 1 heterocycles. The summed E-state index contributed by atoms with van der Waals surface area (Å²) in [5.41, 5.74) is 1.87. The monoisotopic (exact) mass is 306 g/mol. The van der Waals surface area contributed by atoms with Crippen LogP contribution in [0.15, 0.2) is 24.3 Å². The zero-order chi connectivity index (χ0) is 16.1. The van der Waals surface area contributed by atoms with Gasteiger partial charge >= 0.3 is 0 Å². The average molecular weight is 306 g/mol.